The third-order valence-corrected chi connectivity index (χ3v) is 5.62. The van der Waals surface area contributed by atoms with Crippen LogP contribution in [0.2, 0.25) is 0 Å². The van der Waals surface area contributed by atoms with Gasteiger partial charge in [-0.15, -0.1) is 0 Å². The monoisotopic (exact) mass is 469 g/mol. The number of amides is 1. The smallest absolute Gasteiger partial charge is 0.409 e. The first-order chi connectivity index (χ1) is 16.3. The molecule has 1 aliphatic carbocycles. The molecular formula is C26H31NO7. The fraction of sp³-hybridized carbons (Fsp3) is 0.423. The molecule has 0 spiro atoms. The average Bonchev–Trinajstić information content (AvgIpc) is 2.84. The Bertz CT molecular complexity index is 962. The van der Waals surface area contributed by atoms with Crippen molar-refractivity contribution in [3.63, 3.8) is 0 Å². The molecule has 0 atom stereocenters. The number of carbonyl (C=O) groups is 3. The summed E-state index contributed by atoms with van der Waals surface area (Å²) in [5, 5.41) is 0. The van der Waals surface area contributed by atoms with Gasteiger partial charge < -0.3 is 23.8 Å². The topological polar surface area (TPSA) is 91.4 Å². The number of nitrogens with zero attached hydrogens (tertiary/aromatic N) is 1. The largest absolute Gasteiger partial charge is 0.490 e. The molecule has 0 N–H and O–H groups in total. The zero-order valence-electron chi connectivity index (χ0n) is 19.8. The van der Waals surface area contributed by atoms with Gasteiger partial charge in [0.05, 0.1) is 11.8 Å². The highest BCUT2D eigenvalue weighted by Crippen LogP contribution is 2.31. The highest BCUT2D eigenvalue weighted by molar-refractivity contribution is 5.77. The van der Waals surface area contributed by atoms with Crippen LogP contribution in [0.3, 0.4) is 0 Å². The quantitative estimate of drug-likeness (QED) is 0.322. The molecule has 34 heavy (non-hydrogen) atoms. The molecule has 0 unspecified atom stereocenters. The summed E-state index contributed by atoms with van der Waals surface area (Å²) in [4.78, 5) is 37.7. The predicted molar refractivity (Wildman–Crippen MR) is 125 cm³/mol. The Balaban J connectivity index is 1.38. The highest BCUT2D eigenvalue weighted by atomic mass is 16.6. The van der Waals surface area contributed by atoms with E-state index < -0.39 is 6.09 Å². The first kappa shape index (κ1) is 25.1. The van der Waals surface area contributed by atoms with Gasteiger partial charge in [-0.2, -0.15) is 0 Å². The molecular weight excluding hydrogens is 438 g/mol. The molecule has 1 amide bonds. The second-order valence-electron chi connectivity index (χ2n) is 8.53. The van der Waals surface area contributed by atoms with Crippen LogP contribution < -0.4 is 14.2 Å². The standard InChI is InChI=1S/C26H31NO7/c1-18-4-10-22(11-5-18)33-24(28)19-6-8-20(9-7-19)25(29)34-23-14-12-21(13-15-23)31-16-17-32-26(30)27(2)3/h4-5,10-15,19-20H,6-9,16-17H2,1-3H3/t19-,20-. The minimum atomic E-state index is -0.428. The van der Waals surface area contributed by atoms with Gasteiger partial charge in [0.2, 0.25) is 0 Å². The molecule has 0 bridgehead atoms. The molecule has 0 radical (unpaired) electrons. The van der Waals surface area contributed by atoms with Crippen LogP contribution in [0, 0.1) is 18.8 Å². The summed E-state index contributed by atoms with van der Waals surface area (Å²) in [5.41, 5.74) is 1.10. The van der Waals surface area contributed by atoms with E-state index in [2.05, 4.69) is 0 Å². The maximum atomic E-state index is 12.6. The number of rotatable bonds is 8. The van der Waals surface area contributed by atoms with Gasteiger partial charge in [0.25, 0.3) is 0 Å². The third-order valence-electron chi connectivity index (χ3n) is 5.62. The number of carbonyl (C=O) groups excluding carboxylic acids is 3. The van der Waals surface area contributed by atoms with Crippen molar-refractivity contribution >= 4 is 18.0 Å². The number of hydrogen-bond donors (Lipinski definition) is 0. The van der Waals surface area contributed by atoms with Gasteiger partial charge in [0.1, 0.15) is 30.5 Å². The van der Waals surface area contributed by atoms with Crippen LogP contribution in [0.15, 0.2) is 48.5 Å². The normalized spacial score (nSPS) is 17.4. The predicted octanol–water partition coefficient (Wildman–Crippen LogP) is 4.39. The van der Waals surface area contributed by atoms with Crippen molar-refractivity contribution in [2.75, 3.05) is 27.3 Å². The second kappa shape index (κ2) is 12.1. The zero-order valence-corrected chi connectivity index (χ0v) is 19.8. The highest BCUT2D eigenvalue weighted by Gasteiger charge is 2.32. The Labute approximate surface area is 199 Å². The van der Waals surface area contributed by atoms with Crippen molar-refractivity contribution in [2.45, 2.75) is 32.6 Å². The van der Waals surface area contributed by atoms with E-state index in [4.69, 9.17) is 18.9 Å². The van der Waals surface area contributed by atoms with E-state index >= 15 is 0 Å². The van der Waals surface area contributed by atoms with E-state index in [1.807, 2.05) is 19.1 Å². The number of benzene rings is 2. The molecule has 0 saturated heterocycles. The molecule has 0 aliphatic heterocycles. The number of esters is 2. The van der Waals surface area contributed by atoms with E-state index in [1.165, 1.54) is 4.90 Å². The SMILES string of the molecule is Cc1ccc(OC(=O)[C@H]2CC[C@H](C(=O)Oc3ccc(OCCOC(=O)N(C)C)cc3)CC2)cc1. The summed E-state index contributed by atoms with van der Waals surface area (Å²) >= 11 is 0. The molecule has 1 fully saturated rings. The molecule has 8 nitrogen and oxygen atoms in total. The van der Waals surface area contributed by atoms with Crippen LogP contribution in [-0.2, 0) is 14.3 Å². The maximum absolute atomic E-state index is 12.6. The van der Waals surface area contributed by atoms with E-state index in [1.54, 1.807) is 50.5 Å². The summed E-state index contributed by atoms with van der Waals surface area (Å²) < 4.78 is 21.5. The first-order valence-electron chi connectivity index (χ1n) is 11.4. The van der Waals surface area contributed by atoms with E-state index in [9.17, 15) is 14.4 Å². The van der Waals surface area contributed by atoms with Gasteiger partial charge in [-0.3, -0.25) is 9.59 Å². The molecule has 182 valence electrons. The van der Waals surface area contributed by atoms with Crippen LogP contribution >= 0.6 is 0 Å². The van der Waals surface area contributed by atoms with E-state index in [0.29, 0.717) is 42.9 Å². The van der Waals surface area contributed by atoms with Crippen LogP contribution in [-0.4, -0.2) is 50.2 Å². The molecule has 2 aromatic carbocycles. The Morgan fingerprint density at radius 2 is 1.18 bits per heavy atom. The fourth-order valence-corrected chi connectivity index (χ4v) is 3.59. The van der Waals surface area contributed by atoms with Crippen molar-refractivity contribution in [1.29, 1.82) is 0 Å². The minimum Gasteiger partial charge on any atom is -0.490 e. The van der Waals surface area contributed by atoms with Gasteiger partial charge in [0.15, 0.2) is 0 Å². The summed E-state index contributed by atoms with van der Waals surface area (Å²) in [6, 6.07) is 14.1. The lowest BCUT2D eigenvalue weighted by Gasteiger charge is -2.25. The molecule has 0 heterocycles. The molecule has 3 rings (SSSR count). The lowest BCUT2D eigenvalue weighted by Crippen LogP contribution is -2.30. The fourth-order valence-electron chi connectivity index (χ4n) is 3.59. The number of ether oxygens (including phenoxy) is 4. The van der Waals surface area contributed by atoms with Crippen LogP contribution in [0.25, 0.3) is 0 Å². The van der Waals surface area contributed by atoms with Crippen LogP contribution in [0.1, 0.15) is 31.2 Å². The van der Waals surface area contributed by atoms with E-state index in [-0.39, 0.29) is 37.0 Å². The Morgan fingerprint density at radius 1 is 0.735 bits per heavy atom. The first-order valence-corrected chi connectivity index (χ1v) is 11.4. The Morgan fingerprint density at radius 3 is 1.65 bits per heavy atom. The average molecular weight is 470 g/mol. The lowest BCUT2D eigenvalue weighted by atomic mass is 9.82. The summed E-state index contributed by atoms with van der Waals surface area (Å²) in [6.07, 6.45) is 1.92. The van der Waals surface area contributed by atoms with Crippen molar-refractivity contribution in [3.8, 4) is 17.2 Å². The summed E-state index contributed by atoms with van der Waals surface area (Å²) in [7, 11) is 3.21. The van der Waals surface area contributed by atoms with Gasteiger partial charge in [-0.25, -0.2) is 4.79 Å². The van der Waals surface area contributed by atoms with Gasteiger partial charge in [-0.1, -0.05) is 17.7 Å². The number of hydrogen-bond acceptors (Lipinski definition) is 7. The molecule has 0 aromatic heterocycles. The maximum Gasteiger partial charge on any atom is 0.409 e. The summed E-state index contributed by atoms with van der Waals surface area (Å²) in [5.74, 6) is 0.548. The summed E-state index contributed by atoms with van der Waals surface area (Å²) in [6.45, 7) is 2.32. The third kappa shape index (κ3) is 7.50. The Hall–Kier alpha value is -3.55. The Kier molecular flexibility index (Phi) is 8.90. The van der Waals surface area contributed by atoms with Gasteiger partial charge in [0, 0.05) is 14.1 Å². The lowest BCUT2D eigenvalue weighted by molar-refractivity contribution is -0.145. The van der Waals surface area contributed by atoms with Crippen molar-refractivity contribution < 1.29 is 33.3 Å². The second-order valence-corrected chi connectivity index (χ2v) is 8.53. The van der Waals surface area contributed by atoms with Crippen molar-refractivity contribution in [3.05, 3.63) is 54.1 Å². The zero-order chi connectivity index (χ0) is 24.5. The van der Waals surface area contributed by atoms with Gasteiger partial charge >= 0.3 is 18.0 Å². The van der Waals surface area contributed by atoms with E-state index in [0.717, 1.165) is 5.56 Å². The molecule has 1 aliphatic rings. The van der Waals surface area contributed by atoms with Crippen molar-refractivity contribution in [1.82, 2.24) is 4.90 Å². The van der Waals surface area contributed by atoms with Gasteiger partial charge in [-0.05, 0) is 69.0 Å². The minimum absolute atomic E-state index is 0.134. The molecule has 2 aromatic rings. The van der Waals surface area contributed by atoms with Crippen molar-refractivity contribution in [2.24, 2.45) is 11.8 Å². The van der Waals surface area contributed by atoms with Crippen LogP contribution in [0.4, 0.5) is 4.79 Å². The molecule has 8 heteroatoms. The van der Waals surface area contributed by atoms with Crippen LogP contribution in [0.5, 0.6) is 17.2 Å². The number of aryl methyl sites for hydroxylation is 1. The molecule has 1 saturated carbocycles.